The van der Waals surface area contributed by atoms with Crippen LogP contribution >= 0.6 is 22.6 Å². The Bertz CT molecular complexity index is 1440. The number of H-pyrrole nitrogens is 1. The number of nitrogens with zero attached hydrogens (tertiary/aromatic N) is 5. The Labute approximate surface area is 219 Å². The van der Waals surface area contributed by atoms with E-state index >= 15 is 0 Å². The summed E-state index contributed by atoms with van der Waals surface area (Å²) in [6.45, 7) is 2.38. The van der Waals surface area contributed by atoms with Crippen LogP contribution in [0.2, 0.25) is 0 Å². The first-order chi connectivity index (χ1) is 17.4. The number of carbonyl (C=O) groups excluding carboxylic acids is 3. The van der Waals surface area contributed by atoms with E-state index in [1.54, 1.807) is 59.8 Å². The summed E-state index contributed by atoms with van der Waals surface area (Å²) in [7, 11) is 0. The zero-order chi connectivity index (χ0) is 25.2. The third-order valence-corrected chi connectivity index (χ3v) is 6.42. The van der Waals surface area contributed by atoms with Crippen LogP contribution in [0.4, 0.5) is 11.9 Å². The van der Waals surface area contributed by atoms with Crippen molar-refractivity contribution >= 4 is 63.2 Å². The largest absolute Gasteiger partial charge is 0.366 e. The average molecular weight is 596 g/mol. The molecule has 1 fully saturated rings. The number of carbonyl (C=O) groups is 3. The molecule has 1 aliphatic rings. The summed E-state index contributed by atoms with van der Waals surface area (Å²) in [5, 5.41) is 2.68. The first-order valence-corrected chi connectivity index (χ1v) is 12.2. The number of hydrogen-bond donors (Lipinski definition) is 3. The number of para-hydroxylation sites is 1. The topological polar surface area (TPSA) is 150 Å². The summed E-state index contributed by atoms with van der Waals surface area (Å²) in [5.74, 6) is -0.247. The fourth-order valence-electron chi connectivity index (χ4n) is 3.99. The third-order valence-electron chi connectivity index (χ3n) is 5.86. The lowest BCUT2D eigenvalue weighted by atomic mass is 10.1. The normalized spacial score (nSPS) is 13.6. The Morgan fingerprint density at radius 2 is 1.61 bits per heavy atom. The lowest BCUT2D eigenvalue weighted by molar-refractivity contribution is 0.0745. The fraction of sp³-hybridized carbons (Fsp3) is 0.167. The van der Waals surface area contributed by atoms with Gasteiger partial charge in [0.1, 0.15) is 5.52 Å². The summed E-state index contributed by atoms with van der Waals surface area (Å²) >= 11 is 2.16. The predicted octanol–water partition coefficient (Wildman–Crippen LogP) is 2.27. The Kier molecular flexibility index (Phi) is 6.50. The smallest absolute Gasteiger partial charge is 0.257 e. The van der Waals surface area contributed by atoms with E-state index in [1.165, 1.54) is 0 Å². The van der Waals surface area contributed by atoms with Crippen LogP contribution in [-0.4, -0.2) is 68.7 Å². The molecule has 3 amide bonds. The molecule has 1 saturated heterocycles. The maximum atomic E-state index is 13.0. The van der Waals surface area contributed by atoms with Gasteiger partial charge in [-0.15, -0.1) is 0 Å². The number of hydrogen-bond acceptors (Lipinski definition) is 7. The minimum atomic E-state index is -0.602. The van der Waals surface area contributed by atoms with Crippen LogP contribution in [0.3, 0.4) is 0 Å². The van der Waals surface area contributed by atoms with E-state index in [0.717, 1.165) is 3.57 Å². The van der Waals surface area contributed by atoms with Crippen molar-refractivity contribution in [3.63, 3.8) is 0 Å². The van der Waals surface area contributed by atoms with Crippen molar-refractivity contribution in [3.05, 3.63) is 75.1 Å². The number of aromatic nitrogens is 4. The van der Waals surface area contributed by atoms with E-state index in [4.69, 9.17) is 5.73 Å². The molecule has 3 heterocycles. The van der Waals surface area contributed by atoms with E-state index in [2.05, 4.69) is 52.7 Å². The van der Waals surface area contributed by atoms with E-state index in [-0.39, 0.29) is 17.4 Å². The molecule has 0 bridgehead atoms. The number of benzene rings is 2. The summed E-state index contributed by atoms with van der Waals surface area (Å²) in [4.78, 5) is 57.0. The number of piperazine rings is 1. The van der Waals surface area contributed by atoms with Gasteiger partial charge >= 0.3 is 0 Å². The highest BCUT2D eigenvalue weighted by molar-refractivity contribution is 14.1. The van der Waals surface area contributed by atoms with Gasteiger partial charge in [0.2, 0.25) is 11.9 Å². The molecule has 12 heteroatoms. The van der Waals surface area contributed by atoms with Gasteiger partial charge in [0.05, 0.1) is 11.1 Å². The molecule has 182 valence electrons. The molecule has 5 rings (SSSR count). The molecular formula is C24H21IN8O3. The number of nitrogens with one attached hydrogen (secondary N) is 2. The van der Waals surface area contributed by atoms with E-state index in [1.807, 2.05) is 0 Å². The monoisotopic (exact) mass is 596 g/mol. The molecule has 0 aliphatic carbocycles. The van der Waals surface area contributed by atoms with Gasteiger partial charge in [0.15, 0.2) is 0 Å². The zero-order valence-electron chi connectivity index (χ0n) is 18.9. The van der Waals surface area contributed by atoms with Crippen molar-refractivity contribution in [1.29, 1.82) is 0 Å². The first-order valence-electron chi connectivity index (χ1n) is 11.1. The van der Waals surface area contributed by atoms with E-state index in [9.17, 15) is 14.4 Å². The van der Waals surface area contributed by atoms with Gasteiger partial charge in [-0.05, 0) is 59.0 Å². The molecule has 0 spiro atoms. The Balaban J connectivity index is 1.21. The van der Waals surface area contributed by atoms with Crippen LogP contribution in [0, 0.1) is 3.57 Å². The number of primary amides is 1. The van der Waals surface area contributed by atoms with Gasteiger partial charge in [-0.3, -0.25) is 19.7 Å². The second-order valence-electron chi connectivity index (χ2n) is 8.16. The molecule has 4 aromatic rings. The number of nitrogens with two attached hydrogens (primary N) is 1. The molecule has 2 aromatic heterocycles. The van der Waals surface area contributed by atoms with Crippen molar-refractivity contribution in [2.24, 2.45) is 5.73 Å². The van der Waals surface area contributed by atoms with Gasteiger partial charge in [0.25, 0.3) is 17.7 Å². The number of rotatable bonds is 5. The van der Waals surface area contributed by atoms with Gasteiger partial charge in [-0.1, -0.05) is 6.07 Å². The second kappa shape index (κ2) is 9.89. The van der Waals surface area contributed by atoms with E-state index in [0.29, 0.717) is 54.3 Å². The third kappa shape index (κ3) is 4.84. The first kappa shape index (κ1) is 23.7. The number of anilines is 2. The lowest BCUT2D eigenvalue weighted by Crippen LogP contribution is -2.49. The molecule has 36 heavy (non-hydrogen) atoms. The fourth-order valence-corrected chi connectivity index (χ4v) is 4.27. The van der Waals surface area contributed by atoms with Crippen LogP contribution in [0.1, 0.15) is 31.1 Å². The molecular weight excluding hydrogens is 575 g/mol. The van der Waals surface area contributed by atoms with Gasteiger partial charge < -0.3 is 20.5 Å². The van der Waals surface area contributed by atoms with Crippen molar-refractivity contribution in [3.8, 4) is 0 Å². The number of halogens is 1. The number of amides is 3. The van der Waals surface area contributed by atoms with Crippen LogP contribution in [0.25, 0.3) is 11.0 Å². The summed E-state index contributed by atoms with van der Waals surface area (Å²) in [5.41, 5.74) is 7.48. The highest BCUT2D eigenvalue weighted by atomic mass is 127. The van der Waals surface area contributed by atoms with Crippen LogP contribution in [0.5, 0.6) is 0 Å². The quantitative estimate of drug-likeness (QED) is 0.299. The molecule has 4 N–H and O–H groups in total. The highest BCUT2D eigenvalue weighted by Gasteiger charge is 2.24. The lowest BCUT2D eigenvalue weighted by Gasteiger charge is -2.34. The standard InChI is InChI=1S/C24H21IN8O3/c25-16-12-27-24(28-13-16)33-10-8-32(9-11-33)22(36)15-6-4-14(5-7-15)21(35)31-23-29-18-3-1-2-17(20(26)34)19(18)30-23/h1-7,12-13H,8-11H2,(H2,26,34)(H2,29,30,31,35). The van der Waals surface area contributed by atoms with Crippen LogP contribution in [-0.2, 0) is 0 Å². The summed E-state index contributed by atoms with van der Waals surface area (Å²) in [6.07, 6.45) is 3.54. The maximum Gasteiger partial charge on any atom is 0.257 e. The SMILES string of the molecule is NC(=O)c1cccc2[nH]c(NC(=O)c3ccc(C(=O)N4CCN(c5ncc(I)cn5)CC4)cc3)nc12. The van der Waals surface area contributed by atoms with Crippen LogP contribution in [0.15, 0.2) is 54.9 Å². The highest BCUT2D eigenvalue weighted by Crippen LogP contribution is 2.19. The van der Waals surface area contributed by atoms with Gasteiger partial charge in [0, 0.05) is 53.3 Å². The molecule has 0 saturated carbocycles. The molecule has 1 aliphatic heterocycles. The maximum absolute atomic E-state index is 13.0. The van der Waals surface area contributed by atoms with Crippen molar-refractivity contribution in [2.45, 2.75) is 0 Å². The summed E-state index contributed by atoms with van der Waals surface area (Å²) < 4.78 is 0.970. The number of fused-ring (bicyclic) bond motifs is 1. The second-order valence-corrected chi connectivity index (χ2v) is 9.41. The van der Waals surface area contributed by atoms with Gasteiger partial charge in [-0.2, -0.15) is 0 Å². The summed E-state index contributed by atoms with van der Waals surface area (Å²) in [6, 6.07) is 11.4. The minimum absolute atomic E-state index is 0.0959. The molecule has 0 atom stereocenters. The average Bonchev–Trinajstić information content (AvgIpc) is 3.31. The van der Waals surface area contributed by atoms with Crippen molar-refractivity contribution in [1.82, 2.24) is 24.8 Å². The number of aromatic amines is 1. The molecule has 2 aromatic carbocycles. The van der Waals surface area contributed by atoms with Gasteiger partial charge in [-0.25, -0.2) is 15.0 Å². The van der Waals surface area contributed by atoms with Crippen LogP contribution < -0.4 is 16.0 Å². The van der Waals surface area contributed by atoms with Crippen molar-refractivity contribution < 1.29 is 14.4 Å². The Hall–Kier alpha value is -4.07. The molecule has 0 unspecified atom stereocenters. The Morgan fingerprint density at radius 3 is 2.28 bits per heavy atom. The number of imidazole rings is 1. The Morgan fingerprint density at radius 1 is 0.944 bits per heavy atom. The predicted molar refractivity (Wildman–Crippen MR) is 142 cm³/mol. The molecule has 0 radical (unpaired) electrons. The zero-order valence-corrected chi connectivity index (χ0v) is 21.1. The van der Waals surface area contributed by atoms with E-state index < -0.39 is 11.8 Å². The molecule has 11 nitrogen and oxygen atoms in total. The van der Waals surface area contributed by atoms with Crippen molar-refractivity contribution in [2.75, 3.05) is 36.4 Å². The minimum Gasteiger partial charge on any atom is -0.366 e.